The molecule has 1 aromatic rings. The van der Waals surface area contributed by atoms with Crippen molar-refractivity contribution in [2.45, 2.75) is 6.42 Å². The number of rotatable bonds is 3. The standard InChI is InChI=1S/C8H11N.C2H8N2/c9-7-6-8-4-2-1-3-5-8;3-1-2-4/h1-5H,6-7,9H2;1-4H2. The Morgan fingerprint density at radius 3 is 1.69 bits per heavy atom. The van der Waals surface area contributed by atoms with Gasteiger partial charge < -0.3 is 17.2 Å². The molecular formula is C10H19N3. The maximum absolute atomic E-state index is 5.36. The highest BCUT2D eigenvalue weighted by Crippen LogP contribution is 1.96. The van der Waals surface area contributed by atoms with E-state index >= 15 is 0 Å². The Morgan fingerprint density at radius 1 is 0.769 bits per heavy atom. The van der Waals surface area contributed by atoms with E-state index in [1.54, 1.807) is 0 Å². The lowest BCUT2D eigenvalue weighted by atomic mass is 10.2. The normalized spacial score (nSPS) is 8.85. The maximum Gasteiger partial charge on any atom is 0.00461 e. The fourth-order valence-electron chi connectivity index (χ4n) is 0.811. The monoisotopic (exact) mass is 181 g/mol. The summed E-state index contributed by atoms with van der Waals surface area (Å²) in [6.45, 7) is 1.93. The summed E-state index contributed by atoms with van der Waals surface area (Å²) in [5, 5.41) is 0. The van der Waals surface area contributed by atoms with Crippen molar-refractivity contribution in [3.63, 3.8) is 0 Å². The van der Waals surface area contributed by atoms with E-state index in [0.29, 0.717) is 13.1 Å². The van der Waals surface area contributed by atoms with Crippen molar-refractivity contribution in [2.24, 2.45) is 17.2 Å². The lowest BCUT2D eigenvalue weighted by Gasteiger charge is -1.93. The first-order chi connectivity index (χ1) is 6.35. The molecule has 3 nitrogen and oxygen atoms in total. The first-order valence-corrected chi connectivity index (χ1v) is 4.49. The van der Waals surface area contributed by atoms with Gasteiger partial charge in [0, 0.05) is 13.1 Å². The smallest absolute Gasteiger partial charge is 0.00461 e. The van der Waals surface area contributed by atoms with Gasteiger partial charge in [0.2, 0.25) is 0 Å². The summed E-state index contributed by atoms with van der Waals surface area (Å²) in [4.78, 5) is 0. The third kappa shape index (κ3) is 7.46. The molecule has 0 aliphatic heterocycles. The minimum atomic E-state index is 0.597. The van der Waals surface area contributed by atoms with Gasteiger partial charge >= 0.3 is 0 Å². The van der Waals surface area contributed by atoms with E-state index in [4.69, 9.17) is 17.2 Å². The molecule has 0 spiro atoms. The molecule has 13 heavy (non-hydrogen) atoms. The van der Waals surface area contributed by atoms with E-state index in [1.165, 1.54) is 5.56 Å². The fraction of sp³-hybridized carbons (Fsp3) is 0.400. The van der Waals surface area contributed by atoms with Gasteiger partial charge in [0.15, 0.2) is 0 Å². The largest absolute Gasteiger partial charge is 0.330 e. The van der Waals surface area contributed by atoms with Crippen molar-refractivity contribution in [2.75, 3.05) is 19.6 Å². The zero-order chi connectivity index (χ0) is 9.94. The van der Waals surface area contributed by atoms with E-state index in [1.807, 2.05) is 18.2 Å². The molecule has 1 rings (SSSR count). The van der Waals surface area contributed by atoms with Gasteiger partial charge in [-0.3, -0.25) is 0 Å². The molecule has 0 bridgehead atoms. The second-order valence-electron chi connectivity index (χ2n) is 2.60. The van der Waals surface area contributed by atoms with Crippen LogP contribution in [-0.4, -0.2) is 19.6 Å². The predicted molar refractivity (Wildman–Crippen MR) is 57.3 cm³/mol. The van der Waals surface area contributed by atoms with Crippen molar-refractivity contribution in [3.8, 4) is 0 Å². The summed E-state index contributed by atoms with van der Waals surface area (Å²) in [5.41, 5.74) is 16.5. The molecule has 0 saturated heterocycles. The van der Waals surface area contributed by atoms with Gasteiger partial charge in [-0.25, -0.2) is 0 Å². The molecule has 0 aliphatic rings. The van der Waals surface area contributed by atoms with Gasteiger partial charge in [0.1, 0.15) is 0 Å². The molecule has 0 radical (unpaired) electrons. The molecule has 0 heterocycles. The highest BCUT2D eigenvalue weighted by Gasteiger charge is 1.84. The molecule has 0 atom stereocenters. The average molecular weight is 181 g/mol. The van der Waals surface area contributed by atoms with Gasteiger partial charge in [-0.05, 0) is 18.5 Å². The maximum atomic E-state index is 5.36. The molecule has 0 saturated carbocycles. The SMILES string of the molecule is NCCN.NCCc1ccccc1. The third-order valence-corrected chi connectivity index (χ3v) is 1.44. The summed E-state index contributed by atoms with van der Waals surface area (Å²) in [7, 11) is 0. The Kier molecular flexibility index (Phi) is 8.55. The van der Waals surface area contributed by atoms with Crippen molar-refractivity contribution < 1.29 is 0 Å². The predicted octanol–water partition coefficient (Wildman–Crippen LogP) is 0.0916. The highest BCUT2D eigenvalue weighted by molar-refractivity contribution is 5.14. The van der Waals surface area contributed by atoms with Gasteiger partial charge in [-0.2, -0.15) is 0 Å². The molecule has 6 N–H and O–H groups in total. The molecule has 0 fully saturated rings. The summed E-state index contributed by atoms with van der Waals surface area (Å²) in [6.07, 6.45) is 0.987. The molecule has 3 heteroatoms. The van der Waals surface area contributed by atoms with Crippen LogP contribution in [0.15, 0.2) is 30.3 Å². The molecule has 0 aromatic heterocycles. The zero-order valence-corrected chi connectivity index (χ0v) is 7.95. The minimum Gasteiger partial charge on any atom is -0.330 e. The number of benzene rings is 1. The highest BCUT2D eigenvalue weighted by atomic mass is 14.6. The van der Waals surface area contributed by atoms with E-state index in [9.17, 15) is 0 Å². The van der Waals surface area contributed by atoms with Crippen LogP contribution < -0.4 is 17.2 Å². The molecule has 1 aromatic carbocycles. The van der Waals surface area contributed by atoms with Crippen molar-refractivity contribution in [1.82, 2.24) is 0 Å². The Bertz CT molecular complexity index is 185. The van der Waals surface area contributed by atoms with Crippen molar-refractivity contribution >= 4 is 0 Å². The van der Waals surface area contributed by atoms with Crippen LogP contribution in [0, 0.1) is 0 Å². The first-order valence-electron chi connectivity index (χ1n) is 4.49. The average Bonchev–Trinajstić information content (AvgIpc) is 2.20. The van der Waals surface area contributed by atoms with Crippen molar-refractivity contribution in [1.29, 1.82) is 0 Å². The van der Waals surface area contributed by atoms with Crippen LogP contribution in [0.4, 0.5) is 0 Å². The van der Waals surface area contributed by atoms with Crippen LogP contribution in [-0.2, 0) is 6.42 Å². The second-order valence-corrected chi connectivity index (χ2v) is 2.60. The number of hydrogen-bond donors (Lipinski definition) is 3. The summed E-state index contributed by atoms with van der Waals surface area (Å²) in [6, 6.07) is 10.3. The van der Waals surface area contributed by atoms with E-state index in [2.05, 4.69) is 12.1 Å². The Morgan fingerprint density at radius 2 is 1.31 bits per heavy atom. The van der Waals surface area contributed by atoms with Crippen LogP contribution in [0.5, 0.6) is 0 Å². The van der Waals surface area contributed by atoms with E-state index in [0.717, 1.165) is 13.0 Å². The van der Waals surface area contributed by atoms with Crippen LogP contribution in [0.25, 0.3) is 0 Å². The molecule has 0 amide bonds. The van der Waals surface area contributed by atoms with Crippen LogP contribution in [0.3, 0.4) is 0 Å². The van der Waals surface area contributed by atoms with Gasteiger partial charge in [0.25, 0.3) is 0 Å². The summed E-state index contributed by atoms with van der Waals surface area (Å²) < 4.78 is 0. The van der Waals surface area contributed by atoms with Crippen molar-refractivity contribution in [3.05, 3.63) is 35.9 Å². The summed E-state index contributed by atoms with van der Waals surface area (Å²) in [5.74, 6) is 0. The van der Waals surface area contributed by atoms with Gasteiger partial charge in [-0.15, -0.1) is 0 Å². The first kappa shape index (κ1) is 12.1. The lowest BCUT2D eigenvalue weighted by Crippen LogP contribution is -2.11. The molecule has 0 aliphatic carbocycles. The van der Waals surface area contributed by atoms with Gasteiger partial charge in [-0.1, -0.05) is 30.3 Å². The van der Waals surface area contributed by atoms with E-state index < -0.39 is 0 Å². The lowest BCUT2D eigenvalue weighted by molar-refractivity contribution is 0.969. The molecule has 74 valence electrons. The fourth-order valence-corrected chi connectivity index (χ4v) is 0.811. The number of hydrogen-bond acceptors (Lipinski definition) is 3. The number of nitrogens with two attached hydrogens (primary N) is 3. The molecule has 0 unspecified atom stereocenters. The van der Waals surface area contributed by atoms with Crippen LogP contribution in [0.2, 0.25) is 0 Å². The minimum absolute atomic E-state index is 0.597. The third-order valence-electron chi connectivity index (χ3n) is 1.44. The summed E-state index contributed by atoms with van der Waals surface area (Å²) >= 11 is 0. The van der Waals surface area contributed by atoms with Gasteiger partial charge in [0.05, 0.1) is 0 Å². The van der Waals surface area contributed by atoms with E-state index in [-0.39, 0.29) is 0 Å². The Hall–Kier alpha value is -0.900. The topological polar surface area (TPSA) is 78.1 Å². The Labute approximate surface area is 79.9 Å². The quantitative estimate of drug-likeness (QED) is 0.618. The molecular weight excluding hydrogens is 162 g/mol. The van der Waals surface area contributed by atoms with Crippen LogP contribution >= 0.6 is 0 Å². The second kappa shape index (κ2) is 9.19. The van der Waals surface area contributed by atoms with Crippen LogP contribution in [0.1, 0.15) is 5.56 Å². The Balaban J connectivity index is 0.000000310. The zero-order valence-electron chi connectivity index (χ0n) is 7.95.